The Morgan fingerprint density at radius 2 is 1.91 bits per heavy atom. The van der Waals surface area contributed by atoms with E-state index in [0.29, 0.717) is 5.69 Å². The van der Waals surface area contributed by atoms with Crippen molar-refractivity contribution in [3.8, 4) is 5.69 Å². The summed E-state index contributed by atoms with van der Waals surface area (Å²) in [6.45, 7) is 0. The summed E-state index contributed by atoms with van der Waals surface area (Å²) in [5, 5.41) is 10.7. The first kappa shape index (κ1) is 14.5. The number of nitrogens with two attached hydrogens (primary N) is 1. The van der Waals surface area contributed by atoms with E-state index < -0.39 is 0 Å². The fourth-order valence-corrected chi connectivity index (χ4v) is 2.72. The van der Waals surface area contributed by atoms with Crippen LogP contribution in [0.4, 0.5) is 10.2 Å². The molecule has 1 aliphatic rings. The number of benzene rings is 1. The lowest BCUT2D eigenvalue weighted by Crippen LogP contribution is -2.36. The number of carbonyl (C=O) groups is 1. The molecule has 3 N–H and O–H groups in total. The molecule has 0 radical (unpaired) electrons. The number of hydrogen-bond donors (Lipinski definition) is 2. The van der Waals surface area contributed by atoms with Crippen molar-refractivity contribution in [2.45, 2.75) is 38.1 Å². The normalized spacial score (nSPS) is 15.7. The molecule has 0 atom stereocenters. The maximum Gasteiger partial charge on any atom is 0.275 e. The van der Waals surface area contributed by atoms with Gasteiger partial charge in [-0.05, 0) is 37.1 Å². The van der Waals surface area contributed by atoms with Gasteiger partial charge in [0.15, 0.2) is 11.5 Å². The van der Waals surface area contributed by atoms with Crippen LogP contribution >= 0.6 is 0 Å². The van der Waals surface area contributed by atoms with E-state index in [2.05, 4.69) is 15.6 Å². The smallest absolute Gasteiger partial charge is 0.275 e. The topological polar surface area (TPSA) is 85.8 Å². The molecule has 2 aromatic rings. The maximum absolute atomic E-state index is 13.0. The van der Waals surface area contributed by atoms with Crippen LogP contribution in [0.15, 0.2) is 24.3 Å². The Balaban J connectivity index is 1.77. The number of amides is 1. The number of nitrogens with zero attached hydrogens (tertiary/aromatic N) is 3. The van der Waals surface area contributed by atoms with Crippen molar-refractivity contribution in [3.05, 3.63) is 35.8 Å². The summed E-state index contributed by atoms with van der Waals surface area (Å²) in [5.74, 6) is -0.504. The van der Waals surface area contributed by atoms with Crippen LogP contribution in [0.25, 0.3) is 5.69 Å². The second-order valence-electron chi connectivity index (χ2n) is 5.52. The highest BCUT2D eigenvalue weighted by Gasteiger charge is 2.22. The highest BCUT2D eigenvalue weighted by Crippen LogP contribution is 2.19. The second-order valence-corrected chi connectivity index (χ2v) is 5.52. The predicted octanol–water partition coefficient (Wildman–Crippen LogP) is 2.05. The van der Waals surface area contributed by atoms with Gasteiger partial charge in [0.05, 0.1) is 5.69 Å². The van der Waals surface area contributed by atoms with Crippen molar-refractivity contribution in [1.29, 1.82) is 0 Å². The van der Waals surface area contributed by atoms with E-state index in [-0.39, 0.29) is 29.3 Å². The second kappa shape index (κ2) is 6.13. The van der Waals surface area contributed by atoms with Crippen molar-refractivity contribution >= 4 is 11.7 Å². The van der Waals surface area contributed by atoms with Crippen LogP contribution in [0, 0.1) is 5.82 Å². The zero-order chi connectivity index (χ0) is 15.5. The van der Waals surface area contributed by atoms with Gasteiger partial charge in [-0.1, -0.05) is 24.5 Å². The van der Waals surface area contributed by atoms with E-state index in [4.69, 9.17) is 5.73 Å². The number of anilines is 1. The van der Waals surface area contributed by atoms with Crippen LogP contribution in [0.1, 0.15) is 42.6 Å². The predicted molar refractivity (Wildman–Crippen MR) is 80.1 cm³/mol. The molecule has 1 saturated carbocycles. The van der Waals surface area contributed by atoms with E-state index in [9.17, 15) is 9.18 Å². The first-order valence-electron chi connectivity index (χ1n) is 7.43. The SMILES string of the molecule is Nc1c(C(=O)NC2CCCCC2)nnn1-c1ccc(F)cc1. The highest BCUT2D eigenvalue weighted by molar-refractivity contribution is 5.96. The number of nitrogen functional groups attached to an aromatic ring is 1. The Labute approximate surface area is 127 Å². The number of hydrogen-bond acceptors (Lipinski definition) is 4. The molecule has 22 heavy (non-hydrogen) atoms. The van der Waals surface area contributed by atoms with Crippen LogP contribution < -0.4 is 11.1 Å². The van der Waals surface area contributed by atoms with Gasteiger partial charge in [0.1, 0.15) is 5.82 Å². The van der Waals surface area contributed by atoms with Crippen molar-refractivity contribution in [2.24, 2.45) is 0 Å². The Bertz CT molecular complexity index is 661. The lowest BCUT2D eigenvalue weighted by Gasteiger charge is -2.22. The molecule has 1 fully saturated rings. The quantitative estimate of drug-likeness (QED) is 0.908. The Kier molecular flexibility index (Phi) is 4.04. The number of halogens is 1. The van der Waals surface area contributed by atoms with Crippen LogP contribution in [-0.4, -0.2) is 26.9 Å². The van der Waals surface area contributed by atoms with E-state index in [1.165, 1.54) is 35.4 Å². The average Bonchev–Trinajstić information content (AvgIpc) is 2.91. The zero-order valence-corrected chi connectivity index (χ0v) is 12.1. The van der Waals surface area contributed by atoms with E-state index >= 15 is 0 Å². The Morgan fingerprint density at radius 3 is 2.59 bits per heavy atom. The van der Waals surface area contributed by atoms with Gasteiger partial charge < -0.3 is 11.1 Å². The van der Waals surface area contributed by atoms with E-state index in [0.717, 1.165) is 25.7 Å². The molecule has 0 spiro atoms. The minimum atomic E-state index is -0.349. The molecule has 1 aromatic heterocycles. The van der Waals surface area contributed by atoms with Gasteiger partial charge in [-0.3, -0.25) is 4.79 Å². The summed E-state index contributed by atoms with van der Waals surface area (Å²) < 4.78 is 14.3. The minimum Gasteiger partial charge on any atom is -0.382 e. The molecule has 1 heterocycles. The molecule has 3 rings (SSSR count). The van der Waals surface area contributed by atoms with Gasteiger partial charge in [0.25, 0.3) is 5.91 Å². The van der Waals surface area contributed by atoms with Gasteiger partial charge in [-0.25, -0.2) is 4.39 Å². The summed E-state index contributed by atoms with van der Waals surface area (Å²) in [6.07, 6.45) is 5.44. The average molecular weight is 303 g/mol. The minimum absolute atomic E-state index is 0.106. The number of aromatic nitrogens is 3. The van der Waals surface area contributed by atoms with Gasteiger partial charge >= 0.3 is 0 Å². The molecule has 0 saturated heterocycles. The summed E-state index contributed by atoms with van der Waals surface area (Å²) in [7, 11) is 0. The molecular weight excluding hydrogens is 285 g/mol. The summed E-state index contributed by atoms with van der Waals surface area (Å²) in [5.41, 5.74) is 6.63. The molecule has 6 nitrogen and oxygen atoms in total. The largest absolute Gasteiger partial charge is 0.382 e. The Hall–Kier alpha value is -2.44. The first-order chi connectivity index (χ1) is 10.6. The molecule has 0 aliphatic heterocycles. The molecule has 7 heteroatoms. The maximum atomic E-state index is 13.0. The van der Waals surface area contributed by atoms with Crippen molar-refractivity contribution in [1.82, 2.24) is 20.3 Å². The molecule has 1 aromatic carbocycles. The Morgan fingerprint density at radius 1 is 1.23 bits per heavy atom. The third kappa shape index (κ3) is 2.93. The van der Waals surface area contributed by atoms with Crippen molar-refractivity contribution in [2.75, 3.05) is 5.73 Å². The number of rotatable bonds is 3. The highest BCUT2D eigenvalue weighted by atomic mass is 19.1. The van der Waals surface area contributed by atoms with Gasteiger partial charge in [0.2, 0.25) is 0 Å². The standard InChI is InChI=1S/C15H18FN5O/c16-10-6-8-12(9-7-10)21-14(17)13(19-20-21)15(22)18-11-4-2-1-3-5-11/h6-9,11H,1-5,17H2,(H,18,22). The number of nitrogens with one attached hydrogen (secondary N) is 1. The monoisotopic (exact) mass is 303 g/mol. The van der Waals surface area contributed by atoms with Gasteiger partial charge in [0, 0.05) is 6.04 Å². The molecule has 1 amide bonds. The molecule has 116 valence electrons. The van der Waals surface area contributed by atoms with Crippen molar-refractivity contribution in [3.63, 3.8) is 0 Å². The zero-order valence-electron chi connectivity index (χ0n) is 12.1. The lowest BCUT2D eigenvalue weighted by atomic mass is 9.95. The van der Waals surface area contributed by atoms with Crippen molar-refractivity contribution < 1.29 is 9.18 Å². The van der Waals surface area contributed by atoms with Gasteiger partial charge in [-0.15, -0.1) is 5.10 Å². The van der Waals surface area contributed by atoms with Crippen LogP contribution in [0.5, 0.6) is 0 Å². The van der Waals surface area contributed by atoms with E-state index in [1.54, 1.807) is 0 Å². The fraction of sp³-hybridized carbons (Fsp3) is 0.400. The van der Waals surface area contributed by atoms with Crippen LogP contribution in [-0.2, 0) is 0 Å². The molecule has 0 bridgehead atoms. The molecule has 1 aliphatic carbocycles. The summed E-state index contributed by atoms with van der Waals surface area (Å²) >= 11 is 0. The summed E-state index contributed by atoms with van der Waals surface area (Å²) in [4.78, 5) is 12.3. The molecule has 0 unspecified atom stereocenters. The molecular formula is C15H18FN5O. The van der Waals surface area contributed by atoms with Gasteiger partial charge in [-0.2, -0.15) is 4.68 Å². The fourth-order valence-electron chi connectivity index (χ4n) is 2.72. The lowest BCUT2D eigenvalue weighted by molar-refractivity contribution is 0.0923. The van der Waals surface area contributed by atoms with Crippen LogP contribution in [0.2, 0.25) is 0 Å². The first-order valence-corrected chi connectivity index (χ1v) is 7.43. The summed E-state index contributed by atoms with van der Waals surface area (Å²) in [6, 6.07) is 5.85. The third-order valence-electron chi connectivity index (χ3n) is 3.93. The number of carbonyl (C=O) groups excluding carboxylic acids is 1. The third-order valence-corrected chi connectivity index (χ3v) is 3.93. The van der Waals surface area contributed by atoms with Crippen LogP contribution in [0.3, 0.4) is 0 Å². The van der Waals surface area contributed by atoms with E-state index in [1.807, 2.05) is 0 Å².